The first-order valence-electron chi connectivity index (χ1n) is 17.9. The van der Waals surface area contributed by atoms with Crippen LogP contribution in [0, 0.1) is 0 Å². The van der Waals surface area contributed by atoms with E-state index in [0.717, 1.165) is 61.2 Å². The SMILES string of the molecule is c1ccc(C2=NC(c3cccc4oc5cc(-c6ccc7ccccc7c6)ccc5c34)=NC(c3ccc(-c4ccc(-c5ccccc5)cc4)cc3)N2)cc1. The van der Waals surface area contributed by atoms with Crippen LogP contribution in [0.5, 0.6) is 0 Å². The van der Waals surface area contributed by atoms with Crippen molar-refractivity contribution in [3.63, 3.8) is 0 Å². The molecule has 0 radical (unpaired) electrons. The number of benzene rings is 8. The van der Waals surface area contributed by atoms with Crippen molar-refractivity contribution in [2.24, 2.45) is 9.98 Å². The molecule has 8 aromatic carbocycles. The highest BCUT2D eigenvalue weighted by molar-refractivity contribution is 6.22. The van der Waals surface area contributed by atoms with Crippen LogP contribution in [0.15, 0.2) is 202 Å². The van der Waals surface area contributed by atoms with Crippen molar-refractivity contribution in [3.8, 4) is 33.4 Å². The van der Waals surface area contributed by atoms with Gasteiger partial charge in [0.25, 0.3) is 0 Å². The predicted molar refractivity (Wildman–Crippen MR) is 219 cm³/mol. The second-order valence-electron chi connectivity index (χ2n) is 13.4. The van der Waals surface area contributed by atoms with Crippen LogP contribution in [-0.4, -0.2) is 11.7 Å². The van der Waals surface area contributed by atoms with Crippen LogP contribution in [-0.2, 0) is 0 Å². The predicted octanol–water partition coefficient (Wildman–Crippen LogP) is 12.2. The van der Waals surface area contributed by atoms with E-state index in [1.165, 1.54) is 27.5 Å². The number of amidine groups is 2. The molecule has 4 heteroatoms. The van der Waals surface area contributed by atoms with Crippen molar-refractivity contribution in [2.45, 2.75) is 6.17 Å². The standard InChI is InChI=1S/C49H33N3O/c1-3-10-32(11-4-1)34-18-20-35(21-19-34)36-22-25-38(26-23-36)48-50-47(37-13-5-2-6-14-37)51-49(52-48)43-16-9-17-44-46(43)42-29-28-41(31-45(42)53-44)40-27-24-33-12-7-8-15-39(33)30-40/h1-31,48H,(H,50,51,52). The molecule has 53 heavy (non-hydrogen) atoms. The lowest BCUT2D eigenvalue weighted by Gasteiger charge is -2.24. The zero-order chi connectivity index (χ0) is 35.1. The zero-order valence-corrected chi connectivity index (χ0v) is 28.8. The number of hydrogen-bond acceptors (Lipinski definition) is 4. The minimum atomic E-state index is -0.333. The minimum Gasteiger partial charge on any atom is -0.456 e. The summed E-state index contributed by atoms with van der Waals surface area (Å²) in [6, 6.07) is 65.8. The number of rotatable bonds is 6. The molecule has 0 spiro atoms. The van der Waals surface area contributed by atoms with E-state index in [1.807, 2.05) is 36.4 Å². The molecule has 0 saturated carbocycles. The molecule has 10 rings (SSSR count). The Morgan fingerprint density at radius 3 is 1.75 bits per heavy atom. The average molecular weight is 680 g/mol. The van der Waals surface area contributed by atoms with Crippen molar-refractivity contribution < 1.29 is 4.42 Å². The fourth-order valence-corrected chi connectivity index (χ4v) is 7.39. The monoisotopic (exact) mass is 679 g/mol. The number of nitrogens with zero attached hydrogens (tertiary/aromatic N) is 2. The molecular formula is C49H33N3O. The first-order valence-corrected chi connectivity index (χ1v) is 17.9. The first kappa shape index (κ1) is 30.8. The van der Waals surface area contributed by atoms with E-state index < -0.39 is 0 Å². The van der Waals surface area contributed by atoms with Crippen LogP contribution in [0.4, 0.5) is 0 Å². The van der Waals surface area contributed by atoms with Crippen LogP contribution in [0.25, 0.3) is 66.1 Å². The summed E-state index contributed by atoms with van der Waals surface area (Å²) in [5.74, 6) is 1.45. The Hall–Kier alpha value is -7.04. The summed E-state index contributed by atoms with van der Waals surface area (Å²) in [6.45, 7) is 0. The largest absolute Gasteiger partial charge is 0.456 e. The minimum absolute atomic E-state index is 0.333. The van der Waals surface area contributed by atoms with Gasteiger partial charge in [-0.25, -0.2) is 9.98 Å². The average Bonchev–Trinajstić information content (AvgIpc) is 3.62. The highest BCUT2D eigenvalue weighted by Gasteiger charge is 2.24. The van der Waals surface area contributed by atoms with Gasteiger partial charge in [0.05, 0.1) is 0 Å². The fourth-order valence-electron chi connectivity index (χ4n) is 7.39. The van der Waals surface area contributed by atoms with Gasteiger partial charge in [-0.1, -0.05) is 164 Å². The molecule has 0 amide bonds. The number of fused-ring (bicyclic) bond motifs is 4. The van der Waals surface area contributed by atoms with Crippen LogP contribution < -0.4 is 5.32 Å². The second-order valence-corrected chi connectivity index (χ2v) is 13.4. The third-order valence-corrected chi connectivity index (χ3v) is 10.2. The van der Waals surface area contributed by atoms with Crippen LogP contribution in [0.2, 0.25) is 0 Å². The number of aliphatic imine (C=N–C) groups is 2. The molecule has 0 fully saturated rings. The molecule has 250 valence electrons. The Balaban J connectivity index is 1.02. The van der Waals surface area contributed by atoms with Gasteiger partial charge in [-0.15, -0.1) is 0 Å². The van der Waals surface area contributed by atoms with Gasteiger partial charge in [0.1, 0.15) is 23.2 Å². The molecule has 9 aromatic rings. The van der Waals surface area contributed by atoms with Crippen molar-refractivity contribution in [1.29, 1.82) is 0 Å². The summed E-state index contributed by atoms with van der Waals surface area (Å²) < 4.78 is 6.53. The van der Waals surface area contributed by atoms with Gasteiger partial charge in [0, 0.05) is 21.9 Å². The van der Waals surface area contributed by atoms with Gasteiger partial charge in [-0.3, -0.25) is 0 Å². The molecule has 1 atom stereocenters. The topological polar surface area (TPSA) is 49.9 Å². The van der Waals surface area contributed by atoms with Crippen LogP contribution in [0.1, 0.15) is 22.9 Å². The van der Waals surface area contributed by atoms with Crippen molar-refractivity contribution >= 4 is 44.4 Å². The Morgan fingerprint density at radius 1 is 0.434 bits per heavy atom. The molecule has 1 aromatic heterocycles. The zero-order valence-electron chi connectivity index (χ0n) is 28.8. The molecule has 1 aliphatic heterocycles. The first-order chi connectivity index (χ1) is 26.2. The van der Waals surface area contributed by atoms with Gasteiger partial charge >= 0.3 is 0 Å². The number of hydrogen-bond donors (Lipinski definition) is 1. The van der Waals surface area contributed by atoms with E-state index in [1.54, 1.807) is 0 Å². The lowest BCUT2D eigenvalue weighted by Crippen LogP contribution is -2.33. The lowest BCUT2D eigenvalue weighted by atomic mass is 9.98. The van der Waals surface area contributed by atoms with Crippen LogP contribution >= 0.6 is 0 Å². The third-order valence-electron chi connectivity index (χ3n) is 10.2. The lowest BCUT2D eigenvalue weighted by molar-refractivity contribution is 0.668. The molecule has 0 saturated heterocycles. The highest BCUT2D eigenvalue weighted by atomic mass is 16.3. The van der Waals surface area contributed by atoms with Crippen molar-refractivity contribution in [2.75, 3.05) is 0 Å². The summed E-state index contributed by atoms with van der Waals surface area (Å²) in [5.41, 5.74) is 11.7. The van der Waals surface area contributed by atoms with E-state index >= 15 is 0 Å². The van der Waals surface area contributed by atoms with Crippen molar-refractivity contribution in [3.05, 3.63) is 205 Å². The molecule has 1 unspecified atom stereocenters. The summed E-state index contributed by atoms with van der Waals surface area (Å²) in [5, 5.41) is 8.12. The van der Waals surface area contributed by atoms with Gasteiger partial charge in [-0.05, 0) is 74.0 Å². The molecule has 0 bridgehead atoms. The molecule has 2 heterocycles. The van der Waals surface area contributed by atoms with E-state index in [2.05, 4.69) is 157 Å². The molecule has 1 aliphatic rings. The normalized spacial score (nSPS) is 14.2. The number of nitrogens with one attached hydrogen (secondary N) is 1. The quantitative estimate of drug-likeness (QED) is 0.190. The van der Waals surface area contributed by atoms with Gasteiger partial charge in [0.2, 0.25) is 0 Å². The van der Waals surface area contributed by atoms with E-state index in [4.69, 9.17) is 14.4 Å². The summed E-state index contributed by atoms with van der Waals surface area (Å²) in [6.07, 6.45) is -0.333. The van der Waals surface area contributed by atoms with Gasteiger partial charge < -0.3 is 9.73 Å². The second kappa shape index (κ2) is 12.9. The van der Waals surface area contributed by atoms with E-state index in [9.17, 15) is 0 Å². The smallest absolute Gasteiger partial charge is 0.160 e. The maximum Gasteiger partial charge on any atom is 0.160 e. The molecule has 4 nitrogen and oxygen atoms in total. The van der Waals surface area contributed by atoms with Crippen molar-refractivity contribution in [1.82, 2.24) is 5.32 Å². The van der Waals surface area contributed by atoms with Gasteiger partial charge in [0.15, 0.2) is 5.84 Å². The number of furan rings is 1. The van der Waals surface area contributed by atoms with Crippen LogP contribution in [0.3, 0.4) is 0 Å². The molecule has 1 N–H and O–H groups in total. The fraction of sp³-hybridized carbons (Fsp3) is 0.0204. The Labute approximate surface area is 307 Å². The maximum atomic E-state index is 6.53. The molecular weight excluding hydrogens is 647 g/mol. The third kappa shape index (κ3) is 5.77. The van der Waals surface area contributed by atoms with Gasteiger partial charge in [-0.2, -0.15) is 0 Å². The maximum absolute atomic E-state index is 6.53. The van der Waals surface area contributed by atoms with E-state index in [0.29, 0.717) is 5.84 Å². The summed E-state index contributed by atoms with van der Waals surface area (Å²) >= 11 is 0. The molecule has 0 aliphatic carbocycles. The Kier molecular flexibility index (Phi) is 7.51. The Morgan fingerprint density at radius 2 is 1.02 bits per heavy atom. The Bertz CT molecular complexity index is 2830. The summed E-state index contributed by atoms with van der Waals surface area (Å²) in [4.78, 5) is 10.4. The summed E-state index contributed by atoms with van der Waals surface area (Å²) in [7, 11) is 0. The van der Waals surface area contributed by atoms with E-state index in [-0.39, 0.29) is 6.17 Å². The highest BCUT2D eigenvalue weighted by Crippen LogP contribution is 2.36.